The Labute approximate surface area is 168 Å². The highest BCUT2D eigenvalue weighted by atomic mass is 32.2. The first-order valence-electron chi connectivity index (χ1n) is 9.43. The van der Waals surface area contributed by atoms with Gasteiger partial charge in [0.1, 0.15) is 18.1 Å². The molecule has 0 aromatic carbocycles. The first kappa shape index (κ1) is 20.7. The van der Waals surface area contributed by atoms with E-state index in [1.54, 1.807) is 29.7 Å². The minimum Gasteiger partial charge on any atom is -0.480 e. The SMILES string of the molecule is CSCCC1NC2(CCN(C(=O)c3cc(C)oc3C)CC2)N(CC(=O)O)C1=O. The van der Waals surface area contributed by atoms with Crippen molar-refractivity contribution in [2.24, 2.45) is 0 Å². The fourth-order valence-corrected chi connectivity index (χ4v) is 4.64. The number of amides is 2. The van der Waals surface area contributed by atoms with Gasteiger partial charge in [0.25, 0.3) is 5.91 Å². The Bertz CT molecular complexity index is 770. The van der Waals surface area contributed by atoms with Crippen molar-refractivity contribution >= 4 is 29.5 Å². The van der Waals surface area contributed by atoms with Crippen molar-refractivity contribution in [1.29, 1.82) is 0 Å². The number of carboxylic acids is 1. The number of carbonyl (C=O) groups is 3. The third kappa shape index (κ3) is 3.91. The number of furan rings is 1. The van der Waals surface area contributed by atoms with E-state index < -0.39 is 11.6 Å². The molecular formula is C19H27N3O5S. The molecule has 2 N–H and O–H groups in total. The van der Waals surface area contributed by atoms with Gasteiger partial charge in [0.05, 0.1) is 17.3 Å². The standard InChI is InChI=1S/C19H27N3O5S/c1-12-10-14(13(2)27-12)17(25)21-7-5-19(6-8-21)20-15(4-9-28-3)18(26)22(19)11-16(23)24/h10,15,20H,4-9,11H2,1-3H3,(H,23,24). The molecule has 154 valence electrons. The Morgan fingerprint density at radius 3 is 2.57 bits per heavy atom. The van der Waals surface area contributed by atoms with Crippen LogP contribution in [0.4, 0.5) is 0 Å². The summed E-state index contributed by atoms with van der Waals surface area (Å²) in [5.41, 5.74) is -0.138. The second-order valence-corrected chi connectivity index (χ2v) is 8.43. The van der Waals surface area contributed by atoms with Crippen LogP contribution in [0.2, 0.25) is 0 Å². The first-order chi connectivity index (χ1) is 13.3. The summed E-state index contributed by atoms with van der Waals surface area (Å²) in [4.78, 5) is 40.2. The van der Waals surface area contributed by atoms with Gasteiger partial charge in [0.15, 0.2) is 0 Å². The molecule has 2 fully saturated rings. The molecular weight excluding hydrogens is 382 g/mol. The average molecular weight is 410 g/mol. The third-order valence-electron chi connectivity index (χ3n) is 5.58. The molecule has 2 saturated heterocycles. The topological polar surface area (TPSA) is 103 Å². The molecule has 1 unspecified atom stereocenters. The van der Waals surface area contributed by atoms with E-state index in [-0.39, 0.29) is 24.4 Å². The van der Waals surface area contributed by atoms with Gasteiger partial charge in [-0.1, -0.05) is 0 Å². The van der Waals surface area contributed by atoms with Crippen LogP contribution in [-0.4, -0.2) is 76.0 Å². The van der Waals surface area contributed by atoms with E-state index in [4.69, 9.17) is 4.42 Å². The summed E-state index contributed by atoms with van der Waals surface area (Å²) >= 11 is 1.66. The Hall–Kier alpha value is -2.00. The van der Waals surface area contributed by atoms with E-state index in [1.807, 2.05) is 13.2 Å². The molecule has 2 amide bonds. The highest BCUT2D eigenvalue weighted by molar-refractivity contribution is 7.98. The minimum atomic E-state index is -1.02. The number of rotatable bonds is 6. The predicted octanol–water partition coefficient (Wildman–Crippen LogP) is 1.47. The van der Waals surface area contributed by atoms with E-state index in [0.717, 1.165) is 5.75 Å². The van der Waals surface area contributed by atoms with Crippen LogP contribution in [0.5, 0.6) is 0 Å². The van der Waals surface area contributed by atoms with Gasteiger partial charge in [-0.3, -0.25) is 19.7 Å². The van der Waals surface area contributed by atoms with Crippen LogP contribution in [0.1, 0.15) is 41.1 Å². The van der Waals surface area contributed by atoms with Crippen LogP contribution >= 0.6 is 11.8 Å². The highest BCUT2D eigenvalue weighted by Crippen LogP contribution is 2.34. The molecule has 0 bridgehead atoms. The summed E-state index contributed by atoms with van der Waals surface area (Å²) in [6, 6.07) is 1.38. The minimum absolute atomic E-state index is 0.0859. The number of hydrogen-bond acceptors (Lipinski definition) is 6. The van der Waals surface area contributed by atoms with E-state index in [9.17, 15) is 19.5 Å². The summed E-state index contributed by atoms with van der Waals surface area (Å²) in [7, 11) is 0. The molecule has 8 nitrogen and oxygen atoms in total. The number of aliphatic carboxylic acids is 1. The summed E-state index contributed by atoms with van der Waals surface area (Å²) in [5.74, 6) is 0.852. The van der Waals surface area contributed by atoms with Crippen molar-refractivity contribution in [2.75, 3.05) is 31.6 Å². The lowest BCUT2D eigenvalue weighted by Gasteiger charge is -2.44. The molecule has 3 heterocycles. The van der Waals surface area contributed by atoms with E-state index >= 15 is 0 Å². The van der Waals surface area contributed by atoms with Crippen molar-refractivity contribution in [2.45, 2.75) is 44.8 Å². The molecule has 2 aliphatic heterocycles. The molecule has 3 rings (SSSR count). The number of aryl methyl sites for hydroxylation is 2. The monoisotopic (exact) mass is 409 g/mol. The van der Waals surface area contributed by atoms with Crippen LogP contribution in [-0.2, 0) is 9.59 Å². The van der Waals surface area contributed by atoms with Crippen molar-refractivity contribution in [3.8, 4) is 0 Å². The lowest BCUT2D eigenvalue weighted by molar-refractivity contribution is -0.147. The highest BCUT2D eigenvalue weighted by Gasteiger charge is 2.52. The Morgan fingerprint density at radius 1 is 1.36 bits per heavy atom. The number of nitrogens with zero attached hydrogens (tertiary/aromatic N) is 2. The van der Waals surface area contributed by atoms with Gasteiger partial charge in [0, 0.05) is 25.9 Å². The second kappa shape index (κ2) is 8.16. The summed E-state index contributed by atoms with van der Waals surface area (Å²) < 4.78 is 5.47. The van der Waals surface area contributed by atoms with Crippen molar-refractivity contribution in [3.05, 3.63) is 23.2 Å². The summed E-state index contributed by atoms with van der Waals surface area (Å²) in [6.45, 7) is 4.16. The van der Waals surface area contributed by atoms with Crippen LogP contribution in [0.25, 0.3) is 0 Å². The molecule has 0 radical (unpaired) electrons. The Balaban J connectivity index is 1.73. The van der Waals surface area contributed by atoms with Crippen LogP contribution in [0.3, 0.4) is 0 Å². The number of nitrogens with one attached hydrogen (secondary N) is 1. The molecule has 1 aromatic heterocycles. The maximum Gasteiger partial charge on any atom is 0.323 e. The molecule has 1 spiro atoms. The molecule has 0 saturated carbocycles. The molecule has 1 atom stereocenters. The Kier molecular flexibility index (Phi) is 6.04. The largest absolute Gasteiger partial charge is 0.480 e. The zero-order chi connectivity index (χ0) is 20.5. The van der Waals surface area contributed by atoms with Crippen LogP contribution < -0.4 is 5.32 Å². The molecule has 2 aliphatic rings. The molecule has 9 heteroatoms. The third-order valence-corrected chi connectivity index (χ3v) is 6.22. The lowest BCUT2D eigenvalue weighted by atomic mass is 9.95. The zero-order valence-corrected chi connectivity index (χ0v) is 17.3. The average Bonchev–Trinajstić information content (AvgIpc) is 3.11. The summed E-state index contributed by atoms with van der Waals surface area (Å²) in [6.07, 6.45) is 3.65. The van der Waals surface area contributed by atoms with Gasteiger partial charge in [0.2, 0.25) is 5.91 Å². The molecule has 28 heavy (non-hydrogen) atoms. The number of carboxylic acid groups (broad SMARTS) is 1. The van der Waals surface area contributed by atoms with Crippen molar-refractivity contribution in [3.63, 3.8) is 0 Å². The predicted molar refractivity (Wildman–Crippen MR) is 105 cm³/mol. The van der Waals surface area contributed by atoms with E-state index in [2.05, 4.69) is 5.32 Å². The van der Waals surface area contributed by atoms with Gasteiger partial charge in [-0.05, 0) is 38.3 Å². The smallest absolute Gasteiger partial charge is 0.323 e. The van der Waals surface area contributed by atoms with Crippen molar-refractivity contribution < 1.29 is 23.9 Å². The van der Waals surface area contributed by atoms with Gasteiger partial charge in [-0.2, -0.15) is 11.8 Å². The number of hydrogen-bond donors (Lipinski definition) is 2. The normalized spacial score (nSPS) is 21.5. The van der Waals surface area contributed by atoms with Gasteiger partial charge in [-0.25, -0.2) is 0 Å². The van der Waals surface area contributed by atoms with Gasteiger partial charge >= 0.3 is 5.97 Å². The first-order valence-corrected chi connectivity index (χ1v) is 10.8. The second-order valence-electron chi connectivity index (χ2n) is 7.45. The number of likely N-dealkylation sites (tertiary alicyclic amines) is 1. The van der Waals surface area contributed by atoms with E-state index in [1.165, 1.54) is 4.90 Å². The van der Waals surface area contributed by atoms with Gasteiger partial charge < -0.3 is 19.3 Å². The van der Waals surface area contributed by atoms with E-state index in [0.29, 0.717) is 49.4 Å². The van der Waals surface area contributed by atoms with Gasteiger partial charge in [-0.15, -0.1) is 0 Å². The number of thioether (sulfide) groups is 1. The molecule has 1 aromatic rings. The number of piperidine rings is 1. The maximum absolute atomic E-state index is 12.8. The fourth-order valence-electron chi connectivity index (χ4n) is 4.17. The van der Waals surface area contributed by atoms with Crippen LogP contribution in [0, 0.1) is 13.8 Å². The fraction of sp³-hybridized carbons (Fsp3) is 0.632. The van der Waals surface area contributed by atoms with Crippen LogP contribution in [0.15, 0.2) is 10.5 Å². The van der Waals surface area contributed by atoms with Crippen molar-refractivity contribution in [1.82, 2.24) is 15.1 Å². The lowest BCUT2D eigenvalue weighted by Crippen LogP contribution is -2.60. The quantitative estimate of drug-likeness (QED) is 0.733. The number of carbonyl (C=O) groups excluding carboxylic acids is 2. The zero-order valence-electron chi connectivity index (χ0n) is 16.5. The maximum atomic E-state index is 12.8. The molecule has 0 aliphatic carbocycles. The Morgan fingerprint density at radius 2 is 2.04 bits per heavy atom. The summed E-state index contributed by atoms with van der Waals surface area (Å²) in [5, 5.41) is 12.7.